The highest BCUT2D eigenvalue weighted by Gasteiger charge is 2.02. The van der Waals surface area contributed by atoms with Crippen LogP contribution in [0.3, 0.4) is 0 Å². The molecule has 0 amide bonds. The van der Waals surface area contributed by atoms with Crippen molar-refractivity contribution in [3.8, 4) is 0 Å². The minimum atomic E-state index is 0.638. The Morgan fingerprint density at radius 1 is 1.25 bits per heavy atom. The largest absolute Gasteiger partial charge is 0.380 e. The van der Waals surface area contributed by atoms with Crippen LogP contribution >= 0.6 is 31.9 Å². The molecule has 0 unspecified atom stereocenters. The maximum atomic E-state index is 5.05. The zero-order valence-electron chi connectivity index (χ0n) is 7.03. The average molecular weight is 294 g/mol. The second-order valence-electron chi connectivity index (χ2n) is 2.63. The molecule has 0 aliphatic carbocycles. The fraction of sp³-hybridized carbons (Fsp3) is 0.333. The lowest BCUT2D eigenvalue weighted by molar-refractivity contribution is 0.184. The van der Waals surface area contributed by atoms with E-state index in [1.807, 2.05) is 0 Å². The summed E-state index contributed by atoms with van der Waals surface area (Å²) < 4.78 is 7.28. The van der Waals surface area contributed by atoms with E-state index >= 15 is 0 Å². The van der Waals surface area contributed by atoms with E-state index in [1.54, 1.807) is 7.11 Å². The predicted octanol–water partition coefficient (Wildman–Crippen LogP) is 3.67. The SMILES string of the molecule is COCc1cc(Br)c(C)cc1Br. The zero-order chi connectivity index (χ0) is 9.14. The number of hydrogen-bond donors (Lipinski definition) is 0. The van der Waals surface area contributed by atoms with E-state index in [2.05, 4.69) is 50.9 Å². The molecule has 12 heavy (non-hydrogen) atoms. The molecule has 1 aromatic rings. The smallest absolute Gasteiger partial charge is 0.0724 e. The van der Waals surface area contributed by atoms with E-state index in [9.17, 15) is 0 Å². The maximum absolute atomic E-state index is 5.05. The Labute approximate surface area is 89.4 Å². The van der Waals surface area contributed by atoms with Crippen molar-refractivity contribution in [2.75, 3.05) is 7.11 Å². The minimum absolute atomic E-state index is 0.638. The molecule has 0 N–H and O–H groups in total. The van der Waals surface area contributed by atoms with Gasteiger partial charge in [0.1, 0.15) is 0 Å². The Hall–Kier alpha value is 0.140. The van der Waals surface area contributed by atoms with Crippen LogP contribution in [0.5, 0.6) is 0 Å². The molecule has 0 radical (unpaired) electrons. The summed E-state index contributed by atoms with van der Waals surface area (Å²) in [6.07, 6.45) is 0. The van der Waals surface area contributed by atoms with Gasteiger partial charge in [-0.15, -0.1) is 0 Å². The number of methoxy groups -OCH3 is 1. The minimum Gasteiger partial charge on any atom is -0.380 e. The van der Waals surface area contributed by atoms with Crippen molar-refractivity contribution in [1.82, 2.24) is 0 Å². The Morgan fingerprint density at radius 3 is 2.50 bits per heavy atom. The number of benzene rings is 1. The monoisotopic (exact) mass is 292 g/mol. The lowest BCUT2D eigenvalue weighted by Gasteiger charge is -2.06. The van der Waals surface area contributed by atoms with E-state index < -0.39 is 0 Å². The van der Waals surface area contributed by atoms with Gasteiger partial charge in [0.25, 0.3) is 0 Å². The van der Waals surface area contributed by atoms with Gasteiger partial charge in [-0.25, -0.2) is 0 Å². The lowest BCUT2D eigenvalue weighted by Crippen LogP contribution is -1.90. The van der Waals surface area contributed by atoms with Crippen LogP contribution in [0.25, 0.3) is 0 Å². The molecule has 0 aliphatic rings. The van der Waals surface area contributed by atoms with Crippen molar-refractivity contribution in [1.29, 1.82) is 0 Å². The molecule has 1 rings (SSSR count). The normalized spacial score (nSPS) is 10.3. The third-order valence-electron chi connectivity index (χ3n) is 1.63. The molecule has 0 spiro atoms. The summed E-state index contributed by atoms with van der Waals surface area (Å²) >= 11 is 6.96. The highest BCUT2D eigenvalue weighted by molar-refractivity contribution is 9.11. The molecule has 1 nitrogen and oxygen atoms in total. The summed E-state index contributed by atoms with van der Waals surface area (Å²) in [5.74, 6) is 0. The van der Waals surface area contributed by atoms with Crippen molar-refractivity contribution in [3.05, 3.63) is 32.2 Å². The third-order valence-corrected chi connectivity index (χ3v) is 3.22. The van der Waals surface area contributed by atoms with E-state index in [-0.39, 0.29) is 0 Å². The van der Waals surface area contributed by atoms with Crippen LogP contribution in [0.2, 0.25) is 0 Å². The molecule has 0 heterocycles. The Balaban J connectivity index is 3.05. The summed E-state index contributed by atoms with van der Waals surface area (Å²) in [6, 6.07) is 4.15. The maximum Gasteiger partial charge on any atom is 0.0724 e. The molecule has 0 saturated heterocycles. The van der Waals surface area contributed by atoms with Crippen LogP contribution in [-0.2, 0) is 11.3 Å². The predicted molar refractivity (Wildman–Crippen MR) is 57.3 cm³/mol. The molecule has 1 aromatic carbocycles. The number of aryl methyl sites for hydroxylation is 1. The first-order valence-electron chi connectivity index (χ1n) is 3.58. The second kappa shape index (κ2) is 4.40. The van der Waals surface area contributed by atoms with E-state index in [0.29, 0.717) is 6.61 Å². The van der Waals surface area contributed by atoms with Crippen LogP contribution in [-0.4, -0.2) is 7.11 Å². The second-order valence-corrected chi connectivity index (χ2v) is 4.33. The Morgan fingerprint density at radius 2 is 1.92 bits per heavy atom. The number of hydrogen-bond acceptors (Lipinski definition) is 1. The first-order valence-corrected chi connectivity index (χ1v) is 5.17. The van der Waals surface area contributed by atoms with Crippen molar-refractivity contribution < 1.29 is 4.74 Å². The van der Waals surface area contributed by atoms with Gasteiger partial charge in [-0.3, -0.25) is 0 Å². The summed E-state index contributed by atoms with van der Waals surface area (Å²) in [4.78, 5) is 0. The molecule has 0 atom stereocenters. The van der Waals surface area contributed by atoms with Gasteiger partial charge in [-0.05, 0) is 30.2 Å². The molecule has 0 aliphatic heterocycles. The van der Waals surface area contributed by atoms with Gasteiger partial charge < -0.3 is 4.74 Å². The van der Waals surface area contributed by atoms with Gasteiger partial charge >= 0.3 is 0 Å². The molecular weight excluding hydrogens is 284 g/mol. The topological polar surface area (TPSA) is 9.23 Å². The first-order chi connectivity index (χ1) is 5.65. The van der Waals surface area contributed by atoms with Gasteiger partial charge in [0.15, 0.2) is 0 Å². The quantitative estimate of drug-likeness (QED) is 0.808. The lowest BCUT2D eigenvalue weighted by atomic mass is 10.2. The van der Waals surface area contributed by atoms with Crippen molar-refractivity contribution in [3.63, 3.8) is 0 Å². The van der Waals surface area contributed by atoms with Crippen LogP contribution in [0.15, 0.2) is 21.1 Å². The Bertz CT molecular complexity index is 284. The summed E-state index contributed by atoms with van der Waals surface area (Å²) in [7, 11) is 1.69. The molecule has 0 bridgehead atoms. The van der Waals surface area contributed by atoms with Gasteiger partial charge in [0.2, 0.25) is 0 Å². The Kier molecular flexibility index (Phi) is 3.75. The van der Waals surface area contributed by atoms with E-state index in [1.165, 1.54) is 5.56 Å². The van der Waals surface area contributed by atoms with Gasteiger partial charge in [0, 0.05) is 16.1 Å². The van der Waals surface area contributed by atoms with Crippen molar-refractivity contribution in [2.45, 2.75) is 13.5 Å². The van der Waals surface area contributed by atoms with E-state index in [0.717, 1.165) is 14.5 Å². The van der Waals surface area contributed by atoms with Crippen LogP contribution in [0, 0.1) is 6.92 Å². The average Bonchev–Trinajstić information content (AvgIpc) is 2.01. The molecule has 3 heteroatoms. The van der Waals surface area contributed by atoms with Crippen LogP contribution in [0.4, 0.5) is 0 Å². The first kappa shape index (κ1) is 10.2. The molecule has 66 valence electrons. The number of rotatable bonds is 2. The van der Waals surface area contributed by atoms with Gasteiger partial charge in [-0.1, -0.05) is 31.9 Å². The van der Waals surface area contributed by atoms with Gasteiger partial charge in [-0.2, -0.15) is 0 Å². The summed E-state index contributed by atoms with van der Waals surface area (Å²) in [5.41, 5.74) is 2.39. The molecular formula is C9H10Br2O. The number of ether oxygens (including phenoxy) is 1. The van der Waals surface area contributed by atoms with Crippen LogP contribution in [0.1, 0.15) is 11.1 Å². The van der Waals surface area contributed by atoms with Crippen molar-refractivity contribution in [2.24, 2.45) is 0 Å². The van der Waals surface area contributed by atoms with Gasteiger partial charge in [0.05, 0.1) is 6.61 Å². The zero-order valence-corrected chi connectivity index (χ0v) is 10.2. The summed E-state index contributed by atoms with van der Waals surface area (Å²) in [6.45, 7) is 2.70. The fourth-order valence-electron chi connectivity index (χ4n) is 0.954. The molecule has 0 aromatic heterocycles. The van der Waals surface area contributed by atoms with Crippen molar-refractivity contribution >= 4 is 31.9 Å². The summed E-state index contributed by atoms with van der Waals surface area (Å²) in [5, 5.41) is 0. The van der Waals surface area contributed by atoms with E-state index in [4.69, 9.17) is 4.74 Å². The standard InChI is InChI=1S/C9H10Br2O/c1-6-3-9(11)7(5-12-2)4-8(6)10/h3-4H,5H2,1-2H3. The third kappa shape index (κ3) is 2.31. The highest BCUT2D eigenvalue weighted by atomic mass is 79.9. The highest BCUT2D eigenvalue weighted by Crippen LogP contribution is 2.25. The molecule has 0 fully saturated rings. The van der Waals surface area contributed by atoms with Crippen LogP contribution < -0.4 is 0 Å². The molecule has 0 saturated carbocycles. The number of halogens is 2. The fourth-order valence-corrected chi connectivity index (χ4v) is 1.92.